The van der Waals surface area contributed by atoms with Gasteiger partial charge in [0.15, 0.2) is 11.5 Å². The predicted octanol–water partition coefficient (Wildman–Crippen LogP) is 2.07. The number of carbonyl (C=O) groups is 2. The van der Waals surface area contributed by atoms with Gasteiger partial charge in [0.05, 0.1) is 17.6 Å². The first kappa shape index (κ1) is 16.1. The fourth-order valence-electron chi connectivity index (χ4n) is 2.94. The number of carbonyl (C=O) groups excluding carboxylic acids is 2. The number of amides is 2. The molecule has 2 amide bonds. The molecule has 0 bridgehead atoms. The highest BCUT2D eigenvalue weighted by Crippen LogP contribution is 2.19. The Bertz CT molecular complexity index is 933. The highest BCUT2D eigenvalue weighted by molar-refractivity contribution is 5.97. The molecule has 0 aliphatic carbocycles. The first-order valence-electron chi connectivity index (χ1n) is 8.31. The molecule has 0 spiro atoms. The smallest absolute Gasteiger partial charge is 0.308 e. The minimum absolute atomic E-state index is 0.203. The Morgan fingerprint density at radius 2 is 1.69 bits per heavy atom. The second kappa shape index (κ2) is 6.47. The summed E-state index contributed by atoms with van der Waals surface area (Å²) in [5.41, 5.74) is 1.50. The van der Waals surface area contributed by atoms with Crippen molar-refractivity contribution in [1.29, 1.82) is 0 Å². The number of hydrogen-bond acceptors (Lipinski definition) is 5. The van der Waals surface area contributed by atoms with Crippen molar-refractivity contribution in [3.05, 3.63) is 65.9 Å². The third kappa shape index (κ3) is 2.75. The van der Waals surface area contributed by atoms with Crippen LogP contribution in [0.2, 0.25) is 0 Å². The van der Waals surface area contributed by atoms with Crippen molar-refractivity contribution in [3.63, 3.8) is 0 Å². The summed E-state index contributed by atoms with van der Waals surface area (Å²) in [5.74, 6) is -0.481. The number of hydrogen-bond donors (Lipinski definition) is 0. The summed E-state index contributed by atoms with van der Waals surface area (Å²) in [7, 11) is 0. The zero-order valence-electron chi connectivity index (χ0n) is 14.2. The lowest BCUT2D eigenvalue weighted by molar-refractivity contribution is 0.0162. The standard InChI is InChI=1S/C18H17N5O3/c1-13-16(20-23(19-13)14-7-3-2-4-8-14)18(25)22-11-6-10-21(22)17(24)15-9-5-12-26-15/h2-5,7-9,12H,6,10-11H2,1H3. The number of furan rings is 1. The third-order valence-electron chi connectivity index (χ3n) is 4.20. The second-order valence-corrected chi connectivity index (χ2v) is 5.95. The van der Waals surface area contributed by atoms with Crippen LogP contribution in [-0.4, -0.2) is 49.9 Å². The van der Waals surface area contributed by atoms with Crippen LogP contribution in [0.1, 0.15) is 33.2 Å². The molecule has 2 aromatic heterocycles. The fourth-order valence-corrected chi connectivity index (χ4v) is 2.94. The van der Waals surface area contributed by atoms with Gasteiger partial charge in [-0.3, -0.25) is 9.59 Å². The maximum atomic E-state index is 13.0. The van der Waals surface area contributed by atoms with Crippen molar-refractivity contribution in [2.45, 2.75) is 13.3 Å². The number of aryl methyl sites for hydroxylation is 1. The molecule has 0 N–H and O–H groups in total. The van der Waals surface area contributed by atoms with Crippen LogP contribution in [0.4, 0.5) is 0 Å². The first-order valence-corrected chi connectivity index (χ1v) is 8.31. The van der Waals surface area contributed by atoms with Gasteiger partial charge in [-0.25, -0.2) is 10.0 Å². The molecule has 1 aliphatic heterocycles. The highest BCUT2D eigenvalue weighted by Gasteiger charge is 2.35. The van der Waals surface area contributed by atoms with Gasteiger partial charge < -0.3 is 4.42 Å². The molecule has 3 aromatic rings. The lowest BCUT2D eigenvalue weighted by atomic mass is 10.3. The summed E-state index contributed by atoms with van der Waals surface area (Å²) in [6.45, 7) is 2.63. The number of hydrazine groups is 1. The van der Waals surface area contributed by atoms with E-state index in [9.17, 15) is 9.59 Å². The van der Waals surface area contributed by atoms with E-state index >= 15 is 0 Å². The Hall–Kier alpha value is -3.42. The van der Waals surface area contributed by atoms with E-state index in [0.717, 1.165) is 5.69 Å². The van der Waals surface area contributed by atoms with E-state index in [1.807, 2.05) is 30.3 Å². The predicted molar refractivity (Wildman–Crippen MR) is 91.5 cm³/mol. The Morgan fingerprint density at radius 1 is 0.962 bits per heavy atom. The lowest BCUT2D eigenvalue weighted by Crippen LogP contribution is -2.45. The Kier molecular flexibility index (Phi) is 4.00. The number of benzene rings is 1. The molecule has 8 heteroatoms. The maximum absolute atomic E-state index is 13.0. The van der Waals surface area contributed by atoms with Gasteiger partial charge in [0.1, 0.15) is 0 Å². The van der Waals surface area contributed by atoms with E-state index < -0.39 is 0 Å². The molecule has 3 heterocycles. The van der Waals surface area contributed by atoms with Crippen LogP contribution in [-0.2, 0) is 0 Å². The first-order chi connectivity index (χ1) is 12.6. The van der Waals surface area contributed by atoms with Gasteiger partial charge in [0, 0.05) is 13.1 Å². The third-order valence-corrected chi connectivity index (χ3v) is 4.20. The van der Waals surface area contributed by atoms with E-state index in [1.165, 1.54) is 21.1 Å². The number of rotatable bonds is 3. The molecular formula is C18H17N5O3. The summed E-state index contributed by atoms with van der Waals surface area (Å²) in [6, 6.07) is 12.6. The van der Waals surface area contributed by atoms with Gasteiger partial charge >= 0.3 is 5.91 Å². The number of aromatic nitrogens is 3. The molecule has 1 saturated heterocycles. The molecule has 1 aliphatic rings. The van der Waals surface area contributed by atoms with Gasteiger partial charge in [-0.15, -0.1) is 5.10 Å². The van der Waals surface area contributed by atoms with E-state index in [0.29, 0.717) is 25.2 Å². The average molecular weight is 351 g/mol. The molecule has 1 fully saturated rings. The van der Waals surface area contributed by atoms with Crippen molar-refractivity contribution in [1.82, 2.24) is 25.0 Å². The SMILES string of the molecule is Cc1nn(-c2ccccc2)nc1C(=O)N1CCCN1C(=O)c1ccco1. The molecule has 0 unspecified atom stereocenters. The van der Waals surface area contributed by atoms with Gasteiger partial charge in [0.2, 0.25) is 0 Å². The van der Waals surface area contributed by atoms with Crippen LogP contribution in [0.15, 0.2) is 53.1 Å². The Labute approximate surface area is 149 Å². The van der Waals surface area contributed by atoms with Crippen molar-refractivity contribution in [3.8, 4) is 5.69 Å². The van der Waals surface area contributed by atoms with Crippen LogP contribution in [0.3, 0.4) is 0 Å². The van der Waals surface area contributed by atoms with E-state index in [-0.39, 0.29) is 23.3 Å². The van der Waals surface area contributed by atoms with E-state index in [2.05, 4.69) is 10.2 Å². The summed E-state index contributed by atoms with van der Waals surface area (Å²) in [4.78, 5) is 27.0. The molecular weight excluding hydrogens is 334 g/mol. The zero-order chi connectivity index (χ0) is 18.1. The topological polar surface area (TPSA) is 84.5 Å². The lowest BCUT2D eigenvalue weighted by Gasteiger charge is -2.26. The van der Waals surface area contributed by atoms with Crippen LogP contribution < -0.4 is 0 Å². The second-order valence-electron chi connectivity index (χ2n) is 5.95. The van der Waals surface area contributed by atoms with Crippen molar-refractivity contribution < 1.29 is 14.0 Å². The normalized spacial score (nSPS) is 14.0. The van der Waals surface area contributed by atoms with E-state index in [4.69, 9.17) is 4.42 Å². The Morgan fingerprint density at radius 3 is 2.38 bits per heavy atom. The largest absolute Gasteiger partial charge is 0.459 e. The summed E-state index contributed by atoms with van der Waals surface area (Å²) >= 11 is 0. The van der Waals surface area contributed by atoms with Crippen LogP contribution in [0.5, 0.6) is 0 Å². The molecule has 8 nitrogen and oxygen atoms in total. The summed E-state index contributed by atoms with van der Waals surface area (Å²) < 4.78 is 5.17. The molecule has 0 radical (unpaired) electrons. The van der Waals surface area contributed by atoms with Crippen LogP contribution in [0, 0.1) is 6.92 Å². The summed E-state index contributed by atoms with van der Waals surface area (Å²) in [6.07, 6.45) is 2.13. The van der Waals surface area contributed by atoms with Crippen molar-refractivity contribution in [2.75, 3.05) is 13.1 Å². The summed E-state index contributed by atoms with van der Waals surface area (Å²) in [5, 5.41) is 11.5. The van der Waals surface area contributed by atoms with Crippen molar-refractivity contribution in [2.24, 2.45) is 0 Å². The number of nitrogens with zero attached hydrogens (tertiary/aromatic N) is 5. The quantitative estimate of drug-likeness (QED) is 0.721. The molecule has 1 aromatic carbocycles. The maximum Gasteiger partial charge on any atom is 0.308 e. The fraction of sp³-hybridized carbons (Fsp3) is 0.222. The highest BCUT2D eigenvalue weighted by atomic mass is 16.3. The van der Waals surface area contributed by atoms with Gasteiger partial charge in [-0.1, -0.05) is 18.2 Å². The molecule has 4 rings (SSSR count). The molecule has 0 saturated carbocycles. The van der Waals surface area contributed by atoms with Crippen LogP contribution in [0.25, 0.3) is 5.69 Å². The van der Waals surface area contributed by atoms with Gasteiger partial charge in [0.25, 0.3) is 5.91 Å². The van der Waals surface area contributed by atoms with Gasteiger partial charge in [-0.2, -0.15) is 9.90 Å². The Balaban J connectivity index is 1.61. The molecule has 132 valence electrons. The van der Waals surface area contributed by atoms with Gasteiger partial charge in [-0.05, 0) is 37.6 Å². The molecule has 26 heavy (non-hydrogen) atoms. The van der Waals surface area contributed by atoms with Crippen LogP contribution >= 0.6 is 0 Å². The average Bonchev–Trinajstić information content (AvgIpc) is 3.41. The number of para-hydroxylation sites is 1. The minimum atomic E-state index is -0.345. The molecule has 0 atom stereocenters. The monoisotopic (exact) mass is 351 g/mol. The minimum Gasteiger partial charge on any atom is -0.459 e. The van der Waals surface area contributed by atoms with Crippen molar-refractivity contribution >= 4 is 11.8 Å². The zero-order valence-corrected chi connectivity index (χ0v) is 14.2. The van der Waals surface area contributed by atoms with E-state index in [1.54, 1.807) is 19.1 Å².